The van der Waals surface area contributed by atoms with Gasteiger partial charge in [0.15, 0.2) is 0 Å². The largest absolute Gasteiger partial charge is 0.249 e. The monoisotopic (exact) mass is 270 g/mol. The molecule has 0 aliphatic carbocycles. The number of hydrogen-bond acceptors (Lipinski definition) is 1. The predicted molar refractivity (Wildman–Crippen MR) is 79.0 cm³/mol. The lowest BCUT2D eigenvalue weighted by Gasteiger charge is -2.19. The molecule has 2 heteroatoms. The van der Waals surface area contributed by atoms with E-state index >= 15 is 0 Å². The Hall–Kier alpha value is -1.41. The zero-order chi connectivity index (χ0) is 13.2. The fourth-order valence-electron chi connectivity index (χ4n) is 2.64. The van der Waals surface area contributed by atoms with Gasteiger partial charge in [0, 0.05) is 9.79 Å². The van der Waals surface area contributed by atoms with Crippen molar-refractivity contribution in [1.29, 1.82) is 0 Å². The van der Waals surface area contributed by atoms with Crippen LogP contribution >= 0.6 is 0 Å². The molecule has 0 spiro atoms. The number of fused-ring (bicyclic) bond motifs is 2. The van der Waals surface area contributed by atoms with Crippen molar-refractivity contribution in [2.75, 3.05) is 0 Å². The summed E-state index contributed by atoms with van der Waals surface area (Å²) in [6.45, 7) is 2.21. The van der Waals surface area contributed by atoms with Crippen molar-refractivity contribution in [3.8, 4) is 0 Å². The van der Waals surface area contributed by atoms with Gasteiger partial charge < -0.3 is 0 Å². The number of unbranched alkanes of at least 4 members (excludes halogenated alkanes) is 1. The summed E-state index contributed by atoms with van der Waals surface area (Å²) >= 11 is 0. The van der Waals surface area contributed by atoms with E-state index in [-0.39, 0.29) is 0 Å². The maximum Gasteiger partial charge on any atom is 0.0855 e. The van der Waals surface area contributed by atoms with E-state index in [4.69, 9.17) is 0 Å². The second-order valence-corrected chi connectivity index (χ2v) is 6.52. The Morgan fingerprint density at radius 1 is 1.05 bits per heavy atom. The minimum Gasteiger partial charge on any atom is -0.249 e. The molecule has 19 heavy (non-hydrogen) atoms. The van der Waals surface area contributed by atoms with Gasteiger partial charge in [-0.2, -0.15) is 0 Å². The van der Waals surface area contributed by atoms with Gasteiger partial charge in [-0.1, -0.05) is 43.7 Å². The molecular weight excluding hydrogens is 252 g/mol. The van der Waals surface area contributed by atoms with Crippen LogP contribution in [0.4, 0.5) is 0 Å². The molecule has 0 saturated carbocycles. The second kappa shape index (κ2) is 5.30. The van der Waals surface area contributed by atoms with Crippen LogP contribution in [-0.4, -0.2) is 4.21 Å². The highest BCUT2D eigenvalue weighted by Crippen LogP contribution is 2.32. The van der Waals surface area contributed by atoms with Crippen LogP contribution in [0.1, 0.15) is 36.5 Å². The van der Waals surface area contributed by atoms with Gasteiger partial charge in [-0.05, 0) is 48.1 Å². The summed E-state index contributed by atoms with van der Waals surface area (Å²) in [4.78, 5) is 1.98. The van der Waals surface area contributed by atoms with Crippen molar-refractivity contribution in [2.45, 2.75) is 42.4 Å². The zero-order valence-corrected chi connectivity index (χ0v) is 12.0. The molecule has 0 N–H and O–H groups in total. The van der Waals surface area contributed by atoms with Gasteiger partial charge in [0.2, 0.25) is 0 Å². The van der Waals surface area contributed by atoms with Gasteiger partial charge >= 0.3 is 0 Å². The van der Waals surface area contributed by atoms with Crippen molar-refractivity contribution in [3.05, 3.63) is 59.2 Å². The van der Waals surface area contributed by atoms with E-state index in [2.05, 4.69) is 31.2 Å². The second-order valence-electron chi connectivity index (χ2n) is 5.10. The van der Waals surface area contributed by atoms with E-state index in [0.717, 1.165) is 22.6 Å². The van der Waals surface area contributed by atoms with Crippen LogP contribution in [0.5, 0.6) is 0 Å². The lowest BCUT2D eigenvalue weighted by Crippen LogP contribution is -2.09. The molecule has 0 radical (unpaired) electrons. The fraction of sp³-hybridized carbons (Fsp3) is 0.294. The van der Waals surface area contributed by atoms with Crippen LogP contribution in [0, 0.1) is 0 Å². The maximum absolute atomic E-state index is 12.5. The highest BCUT2D eigenvalue weighted by Gasteiger charge is 2.21. The quantitative estimate of drug-likeness (QED) is 0.700. The van der Waals surface area contributed by atoms with Gasteiger partial charge in [0.1, 0.15) is 0 Å². The molecule has 1 heterocycles. The lowest BCUT2D eigenvalue weighted by atomic mass is 10.00. The molecule has 0 aromatic heterocycles. The Labute approximate surface area is 117 Å². The number of hydrogen-bond donors (Lipinski definition) is 0. The van der Waals surface area contributed by atoms with Gasteiger partial charge in [0.25, 0.3) is 0 Å². The molecule has 0 bridgehead atoms. The fourth-order valence-corrected chi connectivity index (χ4v) is 4.02. The van der Waals surface area contributed by atoms with Crippen LogP contribution in [0.3, 0.4) is 0 Å². The first kappa shape index (κ1) is 12.6. The van der Waals surface area contributed by atoms with Crippen LogP contribution in [0.15, 0.2) is 52.3 Å². The van der Waals surface area contributed by atoms with E-state index in [1.165, 1.54) is 29.5 Å². The standard InChI is InChI=1S/C17H18OS/c1-2-3-6-13-9-10-17-15(11-13)12-14-7-4-5-8-16(14)19(17)18/h4-5,7-11H,2-3,6,12H2,1H3. The zero-order valence-electron chi connectivity index (χ0n) is 11.2. The van der Waals surface area contributed by atoms with E-state index < -0.39 is 10.8 Å². The first-order chi connectivity index (χ1) is 9.29. The van der Waals surface area contributed by atoms with Gasteiger partial charge in [-0.25, -0.2) is 4.21 Å². The van der Waals surface area contributed by atoms with Crippen molar-refractivity contribution < 1.29 is 4.21 Å². The van der Waals surface area contributed by atoms with Crippen LogP contribution < -0.4 is 0 Å². The molecule has 3 rings (SSSR count). The summed E-state index contributed by atoms with van der Waals surface area (Å²) < 4.78 is 12.5. The maximum atomic E-state index is 12.5. The van der Waals surface area contributed by atoms with E-state index in [0.29, 0.717) is 0 Å². The minimum atomic E-state index is -1.00. The molecule has 2 aromatic rings. The molecular formula is C17H18OS. The Kier molecular flexibility index (Phi) is 3.52. The summed E-state index contributed by atoms with van der Waals surface area (Å²) in [6, 6.07) is 14.5. The third-order valence-corrected chi connectivity index (χ3v) is 5.29. The third kappa shape index (κ3) is 2.37. The Morgan fingerprint density at radius 3 is 2.68 bits per heavy atom. The summed E-state index contributed by atoms with van der Waals surface area (Å²) in [5, 5.41) is 0. The number of rotatable bonds is 3. The van der Waals surface area contributed by atoms with Crippen molar-refractivity contribution >= 4 is 10.8 Å². The van der Waals surface area contributed by atoms with Gasteiger partial charge in [0.05, 0.1) is 10.8 Å². The molecule has 98 valence electrons. The van der Waals surface area contributed by atoms with Crippen LogP contribution in [0.25, 0.3) is 0 Å². The highest BCUT2D eigenvalue weighted by molar-refractivity contribution is 7.85. The Balaban J connectivity index is 1.98. The lowest BCUT2D eigenvalue weighted by molar-refractivity contribution is 0.679. The molecule has 0 amide bonds. The van der Waals surface area contributed by atoms with Crippen molar-refractivity contribution in [2.24, 2.45) is 0 Å². The third-order valence-electron chi connectivity index (χ3n) is 3.70. The van der Waals surface area contributed by atoms with Gasteiger partial charge in [-0.3, -0.25) is 0 Å². The molecule has 1 nitrogen and oxygen atoms in total. The summed E-state index contributed by atoms with van der Waals surface area (Å²) in [5.74, 6) is 0. The summed E-state index contributed by atoms with van der Waals surface area (Å²) in [7, 11) is -1.00. The molecule has 2 aromatic carbocycles. The van der Waals surface area contributed by atoms with Crippen LogP contribution in [-0.2, 0) is 23.6 Å². The predicted octanol–water partition coefficient (Wildman–Crippen LogP) is 4.10. The average molecular weight is 270 g/mol. The first-order valence-electron chi connectivity index (χ1n) is 6.91. The molecule has 1 aliphatic heterocycles. The molecule has 1 unspecified atom stereocenters. The molecule has 1 aliphatic rings. The smallest absolute Gasteiger partial charge is 0.0855 e. The number of benzene rings is 2. The van der Waals surface area contributed by atoms with Crippen LogP contribution in [0.2, 0.25) is 0 Å². The molecule has 0 fully saturated rings. The van der Waals surface area contributed by atoms with E-state index in [9.17, 15) is 4.21 Å². The average Bonchev–Trinajstić information content (AvgIpc) is 2.45. The summed E-state index contributed by atoms with van der Waals surface area (Å²) in [6.07, 6.45) is 4.47. The van der Waals surface area contributed by atoms with E-state index in [1.54, 1.807) is 0 Å². The highest BCUT2D eigenvalue weighted by atomic mass is 32.2. The minimum absolute atomic E-state index is 0.914. The Morgan fingerprint density at radius 2 is 1.84 bits per heavy atom. The molecule has 0 saturated heterocycles. The van der Waals surface area contributed by atoms with Gasteiger partial charge in [-0.15, -0.1) is 0 Å². The normalized spacial score (nSPS) is 16.8. The van der Waals surface area contributed by atoms with Crippen molar-refractivity contribution in [1.82, 2.24) is 0 Å². The Bertz CT molecular complexity index is 631. The summed E-state index contributed by atoms with van der Waals surface area (Å²) in [5.41, 5.74) is 3.82. The van der Waals surface area contributed by atoms with E-state index in [1.807, 2.05) is 18.2 Å². The topological polar surface area (TPSA) is 17.1 Å². The van der Waals surface area contributed by atoms with Crippen molar-refractivity contribution in [3.63, 3.8) is 0 Å². The molecule has 1 atom stereocenters. The number of aryl methyl sites for hydroxylation is 1. The SMILES string of the molecule is CCCCc1ccc2c(c1)Cc1ccccc1S2=O. The first-order valence-corrected chi connectivity index (χ1v) is 8.06.